The molecule has 7 nitrogen and oxygen atoms in total. The van der Waals surface area contributed by atoms with Gasteiger partial charge < -0.3 is 9.47 Å². The molecule has 1 N–H and O–H groups in total. The van der Waals surface area contributed by atoms with Crippen molar-refractivity contribution < 1.29 is 19.1 Å². The fourth-order valence-corrected chi connectivity index (χ4v) is 3.43. The number of anilines is 1. The van der Waals surface area contributed by atoms with Crippen LogP contribution in [0.3, 0.4) is 0 Å². The third-order valence-electron chi connectivity index (χ3n) is 4.65. The summed E-state index contributed by atoms with van der Waals surface area (Å²) < 4.78 is 10.6. The number of amides is 2. The number of rotatable bonds is 3. The Labute approximate surface area is 138 Å². The van der Waals surface area contributed by atoms with Crippen LogP contribution in [0.15, 0.2) is 23.3 Å². The van der Waals surface area contributed by atoms with E-state index in [1.165, 1.54) is 12.0 Å². The molecule has 24 heavy (non-hydrogen) atoms. The number of ether oxygens (including phenoxy) is 2. The molecule has 124 valence electrons. The monoisotopic (exact) mass is 327 g/mol. The highest BCUT2D eigenvalue weighted by Gasteiger charge is 2.41. The molecule has 1 aliphatic carbocycles. The van der Waals surface area contributed by atoms with Gasteiger partial charge >= 0.3 is 0 Å². The van der Waals surface area contributed by atoms with E-state index >= 15 is 0 Å². The number of aromatic nitrogens is 2. The Bertz CT molecular complexity index is 869. The van der Waals surface area contributed by atoms with Crippen LogP contribution < -0.4 is 14.4 Å². The van der Waals surface area contributed by atoms with Crippen molar-refractivity contribution in [2.24, 2.45) is 0 Å². The van der Waals surface area contributed by atoms with Crippen LogP contribution in [-0.2, 0) is 9.59 Å². The summed E-state index contributed by atoms with van der Waals surface area (Å²) >= 11 is 0. The number of H-pyrrole nitrogens is 1. The van der Waals surface area contributed by atoms with Gasteiger partial charge in [0, 0.05) is 22.6 Å². The SMILES string of the molecule is COc1cc2[nH]nc(N3C(=O)C4=C(CCCC4)C3=O)c2cc1OC. The van der Waals surface area contributed by atoms with Crippen LogP contribution in [0.25, 0.3) is 10.9 Å². The minimum Gasteiger partial charge on any atom is -0.493 e. The van der Waals surface area contributed by atoms with Crippen molar-refractivity contribution in [2.75, 3.05) is 19.1 Å². The van der Waals surface area contributed by atoms with Crippen molar-refractivity contribution >= 4 is 28.5 Å². The molecule has 2 aromatic rings. The van der Waals surface area contributed by atoms with Crippen LogP contribution in [0.1, 0.15) is 25.7 Å². The van der Waals surface area contributed by atoms with Gasteiger partial charge in [-0.1, -0.05) is 0 Å². The van der Waals surface area contributed by atoms with Gasteiger partial charge in [-0.25, -0.2) is 4.90 Å². The fraction of sp³-hybridized carbons (Fsp3) is 0.353. The number of aromatic amines is 1. The average Bonchev–Trinajstić information content (AvgIpc) is 3.13. The molecule has 2 amide bonds. The van der Waals surface area contributed by atoms with Crippen molar-refractivity contribution in [1.82, 2.24) is 10.2 Å². The first-order chi connectivity index (χ1) is 11.7. The Morgan fingerprint density at radius 2 is 1.58 bits per heavy atom. The number of carbonyl (C=O) groups excluding carboxylic acids is 2. The van der Waals surface area contributed by atoms with Gasteiger partial charge in [-0.3, -0.25) is 14.7 Å². The number of nitrogens with one attached hydrogen (secondary N) is 1. The zero-order chi connectivity index (χ0) is 16.8. The Balaban J connectivity index is 1.83. The number of fused-ring (bicyclic) bond motifs is 1. The van der Waals surface area contributed by atoms with Gasteiger partial charge in [0.2, 0.25) is 0 Å². The molecular weight excluding hydrogens is 310 g/mol. The molecule has 0 spiro atoms. The summed E-state index contributed by atoms with van der Waals surface area (Å²) in [6.45, 7) is 0. The van der Waals surface area contributed by atoms with Crippen molar-refractivity contribution in [2.45, 2.75) is 25.7 Å². The third kappa shape index (κ3) is 1.94. The van der Waals surface area contributed by atoms with Crippen LogP contribution in [0.2, 0.25) is 0 Å². The molecule has 2 heterocycles. The van der Waals surface area contributed by atoms with E-state index in [4.69, 9.17) is 9.47 Å². The normalized spacial score (nSPS) is 17.7. The first-order valence-corrected chi connectivity index (χ1v) is 7.86. The molecule has 0 fully saturated rings. The van der Waals surface area contributed by atoms with Gasteiger partial charge in [-0.05, 0) is 31.7 Å². The Morgan fingerprint density at radius 1 is 1.00 bits per heavy atom. The lowest BCUT2D eigenvalue weighted by Crippen LogP contribution is -2.32. The van der Waals surface area contributed by atoms with Gasteiger partial charge in [-0.2, -0.15) is 5.10 Å². The quantitative estimate of drug-likeness (QED) is 0.875. The molecule has 0 saturated heterocycles. The summed E-state index contributed by atoms with van der Waals surface area (Å²) in [5, 5.41) is 7.72. The zero-order valence-electron chi connectivity index (χ0n) is 13.5. The van der Waals surface area contributed by atoms with Crippen LogP contribution in [0.5, 0.6) is 11.5 Å². The van der Waals surface area contributed by atoms with Crippen LogP contribution in [0, 0.1) is 0 Å². The second kappa shape index (κ2) is 5.36. The van der Waals surface area contributed by atoms with Gasteiger partial charge in [0.05, 0.1) is 19.7 Å². The summed E-state index contributed by atoms with van der Waals surface area (Å²) in [6, 6.07) is 3.47. The first-order valence-electron chi connectivity index (χ1n) is 7.86. The van der Waals surface area contributed by atoms with Crippen LogP contribution >= 0.6 is 0 Å². The van der Waals surface area contributed by atoms with E-state index in [0.717, 1.165) is 12.8 Å². The van der Waals surface area contributed by atoms with Crippen molar-refractivity contribution in [3.8, 4) is 11.5 Å². The molecule has 4 rings (SSSR count). The number of nitrogens with zero attached hydrogens (tertiary/aromatic N) is 2. The smallest absolute Gasteiger partial charge is 0.263 e. The maximum absolute atomic E-state index is 12.7. The van der Waals surface area contributed by atoms with Crippen molar-refractivity contribution in [3.05, 3.63) is 23.3 Å². The second-order valence-electron chi connectivity index (χ2n) is 5.91. The molecule has 2 aliphatic rings. The zero-order valence-corrected chi connectivity index (χ0v) is 13.5. The third-order valence-corrected chi connectivity index (χ3v) is 4.65. The molecule has 0 radical (unpaired) electrons. The summed E-state index contributed by atoms with van der Waals surface area (Å²) in [4.78, 5) is 26.6. The lowest BCUT2D eigenvalue weighted by atomic mass is 9.93. The Morgan fingerprint density at radius 3 is 2.17 bits per heavy atom. The van der Waals surface area contributed by atoms with E-state index in [0.29, 0.717) is 52.2 Å². The number of benzene rings is 1. The average molecular weight is 327 g/mol. The maximum atomic E-state index is 12.7. The molecular formula is C17H17N3O4. The molecule has 1 aromatic heterocycles. The Kier molecular flexibility index (Phi) is 3.30. The number of hydrogen-bond donors (Lipinski definition) is 1. The first kappa shape index (κ1) is 14.7. The molecule has 0 saturated carbocycles. The summed E-state index contributed by atoms with van der Waals surface area (Å²) in [5.74, 6) is 0.882. The van der Waals surface area contributed by atoms with E-state index in [-0.39, 0.29) is 11.8 Å². The van der Waals surface area contributed by atoms with Crippen molar-refractivity contribution in [1.29, 1.82) is 0 Å². The predicted molar refractivity (Wildman–Crippen MR) is 87.2 cm³/mol. The lowest BCUT2D eigenvalue weighted by Gasteiger charge is -2.13. The van der Waals surface area contributed by atoms with E-state index in [1.807, 2.05) is 0 Å². The summed E-state index contributed by atoms with van der Waals surface area (Å²) in [7, 11) is 3.09. The molecule has 1 aliphatic heterocycles. The summed E-state index contributed by atoms with van der Waals surface area (Å²) in [6.07, 6.45) is 3.21. The minimum atomic E-state index is -0.252. The van der Waals surface area contributed by atoms with Gasteiger partial charge in [0.1, 0.15) is 0 Å². The van der Waals surface area contributed by atoms with Gasteiger partial charge in [0.25, 0.3) is 11.8 Å². The van der Waals surface area contributed by atoms with Crippen LogP contribution in [-0.4, -0.2) is 36.2 Å². The van der Waals surface area contributed by atoms with Gasteiger partial charge in [-0.15, -0.1) is 0 Å². The van der Waals surface area contributed by atoms with Crippen LogP contribution in [0.4, 0.5) is 5.82 Å². The predicted octanol–water partition coefficient (Wildman–Crippen LogP) is 2.32. The fourth-order valence-electron chi connectivity index (χ4n) is 3.43. The largest absolute Gasteiger partial charge is 0.493 e. The molecule has 0 bridgehead atoms. The highest BCUT2D eigenvalue weighted by molar-refractivity contribution is 6.34. The second-order valence-corrected chi connectivity index (χ2v) is 5.91. The summed E-state index contributed by atoms with van der Waals surface area (Å²) in [5.41, 5.74) is 1.96. The van der Waals surface area contributed by atoms with Crippen molar-refractivity contribution in [3.63, 3.8) is 0 Å². The maximum Gasteiger partial charge on any atom is 0.263 e. The standard InChI is InChI=1S/C17H17N3O4/c1-23-13-7-11-12(8-14(13)24-2)18-19-15(11)20-16(21)9-5-3-4-6-10(9)17(20)22/h7-8H,3-6H2,1-2H3,(H,18,19). The molecule has 1 aromatic carbocycles. The number of hydrogen-bond acceptors (Lipinski definition) is 5. The number of imide groups is 1. The number of methoxy groups -OCH3 is 2. The van der Waals surface area contributed by atoms with E-state index in [2.05, 4.69) is 10.2 Å². The van der Waals surface area contributed by atoms with Gasteiger partial charge in [0.15, 0.2) is 17.3 Å². The molecule has 0 atom stereocenters. The van der Waals surface area contributed by atoms with E-state index in [9.17, 15) is 9.59 Å². The van der Waals surface area contributed by atoms with E-state index in [1.54, 1.807) is 19.2 Å². The lowest BCUT2D eigenvalue weighted by molar-refractivity contribution is -0.120. The minimum absolute atomic E-state index is 0.252. The topological polar surface area (TPSA) is 84.5 Å². The highest BCUT2D eigenvalue weighted by atomic mass is 16.5. The van der Waals surface area contributed by atoms with E-state index < -0.39 is 0 Å². The molecule has 0 unspecified atom stereocenters. The molecule has 7 heteroatoms. The highest BCUT2D eigenvalue weighted by Crippen LogP contribution is 2.39. The number of carbonyl (C=O) groups is 2. The Hall–Kier alpha value is -2.83.